The Morgan fingerprint density at radius 2 is 1.85 bits per heavy atom. The molecule has 2 unspecified atom stereocenters. The van der Waals surface area contributed by atoms with Gasteiger partial charge in [-0.25, -0.2) is 4.79 Å². The monoisotopic (exact) mass is 360 g/mol. The number of aliphatic hydroxyl groups is 1. The Morgan fingerprint density at radius 1 is 1.08 bits per heavy atom. The van der Waals surface area contributed by atoms with Crippen molar-refractivity contribution in [3.63, 3.8) is 0 Å². The third kappa shape index (κ3) is 5.71. The number of amides is 1. The molecule has 1 saturated carbocycles. The van der Waals surface area contributed by atoms with Crippen LogP contribution in [0.5, 0.6) is 0 Å². The number of carbonyl (C=O) groups is 1. The Labute approximate surface area is 156 Å². The van der Waals surface area contributed by atoms with Crippen LogP contribution >= 0.6 is 0 Å². The maximum Gasteiger partial charge on any atom is 0.410 e. The van der Waals surface area contributed by atoms with Crippen LogP contribution in [0.1, 0.15) is 50.5 Å². The Hall–Kier alpha value is -1.59. The first kappa shape index (κ1) is 19.2. The van der Waals surface area contributed by atoms with Crippen LogP contribution in [0.2, 0.25) is 0 Å². The Bertz CT molecular complexity index is 545. The third-order valence-electron chi connectivity index (χ3n) is 5.66. The molecule has 0 spiro atoms. The molecule has 2 aliphatic rings. The lowest BCUT2D eigenvalue weighted by Crippen LogP contribution is -2.52. The van der Waals surface area contributed by atoms with Crippen molar-refractivity contribution >= 4 is 6.09 Å². The van der Waals surface area contributed by atoms with Crippen LogP contribution in [-0.4, -0.2) is 47.9 Å². The number of benzene rings is 1. The van der Waals surface area contributed by atoms with Gasteiger partial charge >= 0.3 is 6.09 Å². The second-order valence-corrected chi connectivity index (χ2v) is 7.74. The van der Waals surface area contributed by atoms with Crippen LogP contribution < -0.4 is 5.32 Å². The molecule has 2 atom stereocenters. The molecule has 1 saturated heterocycles. The normalized spacial score (nSPS) is 24.4. The van der Waals surface area contributed by atoms with Gasteiger partial charge in [0.15, 0.2) is 0 Å². The van der Waals surface area contributed by atoms with Crippen LogP contribution in [0.3, 0.4) is 0 Å². The second-order valence-electron chi connectivity index (χ2n) is 7.74. The molecule has 5 nitrogen and oxygen atoms in total. The van der Waals surface area contributed by atoms with E-state index in [9.17, 15) is 9.90 Å². The quantitative estimate of drug-likeness (QED) is 0.817. The van der Waals surface area contributed by atoms with Crippen LogP contribution in [0.4, 0.5) is 4.79 Å². The van der Waals surface area contributed by atoms with E-state index < -0.39 is 6.10 Å². The first-order valence-electron chi connectivity index (χ1n) is 10.1. The number of hydrogen-bond acceptors (Lipinski definition) is 4. The van der Waals surface area contributed by atoms with Gasteiger partial charge in [-0.15, -0.1) is 0 Å². The molecule has 0 aromatic heterocycles. The number of β-amino-alcohol motifs (C(OH)–C–C–N with tert-alkyl or cyclic N) is 1. The highest BCUT2D eigenvalue weighted by atomic mass is 16.6. The van der Waals surface area contributed by atoms with E-state index in [1.165, 1.54) is 32.1 Å². The Kier molecular flexibility index (Phi) is 7.32. The largest absolute Gasteiger partial charge is 0.445 e. The highest BCUT2D eigenvalue weighted by molar-refractivity contribution is 5.68. The lowest BCUT2D eigenvalue weighted by Gasteiger charge is -2.37. The predicted octanol–water partition coefficient (Wildman–Crippen LogP) is 3.32. The molecule has 3 rings (SSSR count). The van der Waals surface area contributed by atoms with Gasteiger partial charge in [0.25, 0.3) is 0 Å². The van der Waals surface area contributed by atoms with Crippen molar-refractivity contribution in [2.75, 3.05) is 19.6 Å². The molecule has 1 heterocycles. The van der Waals surface area contributed by atoms with E-state index in [2.05, 4.69) is 5.32 Å². The van der Waals surface area contributed by atoms with E-state index >= 15 is 0 Å². The standard InChI is InChI=1S/C21H32N2O3/c24-20-12-11-19(14-22-13-17-7-3-1-4-8-17)23(15-20)21(25)26-16-18-9-5-2-6-10-18/h2,5-6,9-10,17,19-20,22,24H,1,3-4,7-8,11-16H2. The Morgan fingerprint density at radius 3 is 2.62 bits per heavy atom. The number of hydrogen-bond donors (Lipinski definition) is 2. The molecule has 144 valence electrons. The van der Waals surface area contributed by atoms with Crippen LogP contribution in [-0.2, 0) is 11.3 Å². The fourth-order valence-corrected chi connectivity index (χ4v) is 4.09. The average Bonchev–Trinajstić information content (AvgIpc) is 2.69. The molecular weight excluding hydrogens is 328 g/mol. The topological polar surface area (TPSA) is 61.8 Å². The highest BCUT2D eigenvalue weighted by Crippen LogP contribution is 2.23. The molecule has 1 aliphatic carbocycles. The molecule has 2 fully saturated rings. The second kappa shape index (κ2) is 9.93. The number of ether oxygens (including phenoxy) is 1. The van der Waals surface area contributed by atoms with Crippen LogP contribution in [0.15, 0.2) is 30.3 Å². The maximum absolute atomic E-state index is 12.6. The molecule has 1 aliphatic heterocycles. The van der Waals surface area contributed by atoms with Gasteiger partial charge in [0.05, 0.1) is 12.6 Å². The average molecular weight is 360 g/mol. The number of nitrogens with zero attached hydrogens (tertiary/aromatic N) is 1. The van der Waals surface area contributed by atoms with Crippen LogP contribution in [0, 0.1) is 5.92 Å². The van der Waals surface area contributed by atoms with Gasteiger partial charge in [0, 0.05) is 12.6 Å². The molecule has 1 aromatic rings. The molecule has 2 N–H and O–H groups in total. The lowest BCUT2D eigenvalue weighted by molar-refractivity contribution is 0.0204. The van der Waals surface area contributed by atoms with Crippen LogP contribution in [0.25, 0.3) is 0 Å². The van der Waals surface area contributed by atoms with E-state index in [4.69, 9.17) is 4.74 Å². The molecule has 1 amide bonds. The summed E-state index contributed by atoms with van der Waals surface area (Å²) in [7, 11) is 0. The minimum Gasteiger partial charge on any atom is -0.445 e. The summed E-state index contributed by atoms with van der Waals surface area (Å²) in [6.07, 6.45) is 7.50. The smallest absolute Gasteiger partial charge is 0.410 e. The van der Waals surface area contributed by atoms with Crippen molar-refractivity contribution in [1.82, 2.24) is 10.2 Å². The summed E-state index contributed by atoms with van der Waals surface area (Å²) in [5.74, 6) is 0.774. The highest BCUT2D eigenvalue weighted by Gasteiger charge is 2.31. The summed E-state index contributed by atoms with van der Waals surface area (Å²) in [6, 6.07) is 9.81. The van der Waals surface area contributed by atoms with Gasteiger partial charge in [0.1, 0.15) is 6.61 Å². The number of nitrogens with one attached hydrogen (secondary N) is 1. The summed E-state index contributed by atoms with van der Waals surface area (Å²) in [6.45, 7) is 2.45. The van der Waals surface area contributed by atoms with Gasteiger partial charge in [-0.2, -0.15) is 0 Å². The predicted molar refractivity (Wildman–Crippen MR) is 102 cm³/mol. The van der Waals surface area contributed by atoms with Crippen molar-refractivity contribution in [3.05, 3.63) is 35.9 Å². The zero-order valence-electron chi connectivity index (χ0n) is 15.6. The minimum atomic E-state index is -0.450. The number of piperidine rings is 1. The minimum absolute atomic E-state index is 0.102. The lowest BCUT2D eigenvalue weighted by atomic mass is 9.89. The third-order valence-corrected chi connectivity index (χ3v) is 5.66. The van der Waals surface area contributed by atoms with Crippen molar-refractivity contribution in [2.24, 2.45) is 5.92 Å². The number of aliphatic hydroxyl groups excluding tert-OH is 1. The van der Waals surface area contributed by atoms with Gasteiger partial charge in [0.2, 0.25) is 0 Å². The molecule has 26 heavy (non-hydrogen) atoms. The number of likely N-dealkylation sites (tertiary alicyclic amines) is 1. The number of rotatable bonds is 6. The zero-order chi connectivity index (χ0) is 18.2. The number of carbonyl (C=O) groups excluding carboxylic acids is 1. The fraction of sp³-hybridized carbons (Fsp3) is 0.667. The molecule has 1 aromatic carbocycles. The summed E-state index contributed by atoms with van der Waals surface area (Å²) < 4.78 is 5.49. The van der Waals surface area contributed by atoms with Gasteiger partial charge < -0.3 is 20.1 Å². The molecule has 5 heteroatoms. The van der Waals surface area contributed by atoms with E-state index in [-0.39, 0.29) is 18.7 Å². The summed E-state index contributed by atoms with van der Waals surface area (Å²) in [5, 5.41) is 13.6. The maximum atomic E-state index is 12.6. The SMILES string of the molecule is O=C(OCc1ccccc1)N1CC(O)CCC1CNCC1CCCCC1. The van der Waals surface area contributed by atoms with Crippen molar-refractivity contribution in [2.45, 2.75) is 63.7 Å². The summed E-state index contributed by atoms with van der Waals surface area (Å²) in [5.41, 5.74) is 0.977. The molecule has 0 radical (unpaired) electrons. The van der Waals surface area contributed by atoms with Gasteiger partial charge in [-0.05, 0) is 43.7 Å². The summed E-state index contributed by atoms with van der Waals surface area (Å²) >= 11 is 0. The van der Waals surface area contributed by atoms with Crippen molar-refractivity contribution in [3.8, 4) is 0 Å². The van der Waals surface area contributed by atoms with E-state index in [0.717, 1.165) is 37.4 Å². The van der Waals surface area contributed by atoms with Crippen molar-refractivity contribution < 1.29 is 14.6 Å². The Balaban J connectivity index is 1.47. The van der Waals surface area contributed by atoms with Gasteiger partial charge in [-0.1, -0.05) is 49.6 Å². The van der Waals surface area contributed by atoms with E-state index in [1.807, 2.05) is 30.3 Å². The van der Waals surface area contributed by atoms with Crippen molar-refractivity contribution in [1.29, 1.82) is 0 Å². The first-order valence-corrected chi connectivity index (χ1v) is 10.1. The zero-order valence-corrected chi connectivity index (χ0v) is 15.6. The summed E-state index contributed by atoms with van der Waals surface area (Å²) in [4.78, 5) is 14.3. The first-order chi connectivity index (χ1) is 12.7. The van der Waals surface area contributed by atoms with E-state index in [0.29, 0.717) is 6.54 Å². The molecular formula is C21H32N2O3. The molecule has 0 bridgehead atoms. The van der Waals surface area contributed by atoms with E-state index in [1.54, 1.807) is 4.90 Å². The fourth-order valence-electron chi connectivity index (χ4n) is 4.09. The van der Waals surface area contributed by atoms with Gasteiger partial charge in [-0.3, -0.25) is 0 Å².